The Hall–Kier alpha value is -2.35. The fraction of sp³-hybridized carbons (Fsp3) is 0.500. The molecule has 5 nitrogen and oxygen atoms in total. The number of aryl methyl sites for hydroxylation is 2. The summed E-state index contributed by atoms with van der Waals surface area (Å²) in [6.45, 7) is 7.78. The van der Waals surface area contributed by atoms with Crippen molar-refractivity contribution in [2.75, 3.05) is 6.61 Å². The summed E-state index contributed by atoms with van der Waals surface area (Å²) in [4.78, 5) is 0. The number of ether oxygens (including phenoxy) is 1. The van der Waals surface area contributed by atoms with Crippen molar-refractivity contribution in [1.29, 1.82) is 5.26 Å². The van der Waals surface area contributed by atoms with Gasteiger partial charge in [-0.25, -0.2) is 4.68 Å². The van der Waals surface area contributed by atoms with Crippen LogP contribution in [0.1, 0.15) is 43.6 Å². The van der Waals surface area contributed by atoms with Crippen molar-refractivity contribution in [1.82, 2.24) is 15.0 Å². The zero-order chi connectivity index (χ0) is 16.7. The van der Waals surface area contributed by atoms with E-state index < -0.39 is 0 Å². The molecule has 1 aromatic heterocycles. The first-order valence-corrected chi connectivity index (χ1v) is 8.12. The fourth-order valence-corrected chi connectivity index (χ4v) is 2.38. The van der Waals surface area contributed by atoms with Crippen LogP contribution in [0.25, 0.3) is 0 Å². The molecule has 0 N–H and O–H groups in total. The summed E-state index contributed by atoms with van der Waals surface area (Å²) in [5.41, 5.74) is 2.63. The van der Waals surface area contributed by atoms with Crippen LogP contribution in [0, 0.1) is 24.2 Å². The molecule has 0 radical (unpaired) electrons. The summed E-state index contributed by atoms with van der Waals surface area (Å²) in [5, 5.41) is 17.2. The molecule has 0 aliphatic rings. The highest BCUT2D eigenvalue weighted by Crippen LogP contribution is 2.13. The van der Waals surface area contributed by atoms with E-state index in [1.165, 1.54) is 5.56 Å². The maximum Gasteiger partial charge on any atom is 0.185 e. The Morgan fingerprint density at radius 3 is 2.61 bits per heavy atom. The molecule has 0 aliphatic carbocycles. The maximum absolute atomic E-state index is 9.11. The molecule has 2 rings (SSSR count). The smallest absolute Gasteiger partial charge is 0.185 e. The molecule has 0 spiro atoms. The Balaban J connectivity index is 1.79. The Labute approximate surface area is 137 Å². The molecule has 0 atom stereocenters. The van der Waals surface area contributed by atoms with Gasteiger partial charge in [-0.1, -0.05) is 36.8 Å². The molecule has 0 saturated heterocycles. The second kappa shape index (κ2) is 8.33. The Morgan fingerprint density at radius 2 is 1.96 bits per heavy atom. The van der Waals surface area contributed by atoms with E-state index in [0.717, 1.165) is 37.3 Å². The third-order valence-corrected chi connectivity index (χ3v) is 3.60. The molecule has 1 heterocycles. The molecule has 0 amide bonds. The van der Waals surface area contributed by atoms with Crippen molar-refractivity contribution < 1.29 is 4.74 Å². The highest BCUT2D eigenvalue weighted by molar-refractivity contribution is 5.26. The largest absolute Gasteiger partial charge is 0.494 e. The van der Waals surface area contributed by atoms with E-state index in [1.54, 1.807) is 0 Å². The van der Waals surface area contributed by atoms with Gasteiger partial charge in [-0.2, -0.15) is 5.26 Å². The Kier molecular flexibility index (Phi) is 6.16. The minimum absolute atomic E-state index is 0.453. The quantitative estimate of drug-likeness (QED) is 0.700. The molecule has 0 fully saturated rings. The summed E-state index contributed by atoms with van der Waals surface area (Å²) in [7, 11) is 0. The van der Waals surface area contributed by atoms with Crippen molar-refractivity contribution >= 4 is 0 Å². The van der Waals surface area contributed by atoms with Gasteiger partial charge in [0.25, 0.3) is 0 Å². The van der Waals surface area contributed by atoms with Gasteiger partial charge in [0.1, 0.15) is 11.8 Å². The van der Waals surface area contributed by atoms with Crippen molar-refractivity contribution in [3.8, 4) is 11.8 Å². The number of nitriles is 1. The zero-order valence-electron chi connectivity index (χ0n) is 14.1. The monoisotopic (exact) mass is 312 g/mol. The van der Waals surface area contributed by atoms with Crippen LogP contribution in [-0.2, 0) is 13.0 Å². The first-order chi connectivity index (χ1) is 11.1. The van der Waals surface area contributed by atoms with E-state index in [1.807, 2.05) is 28.9 Å². The average molecular weight is 312 g/mol. The molecule has 0 saturated carbocycles. The summed E-state index contributed by atoms with van der Waals surface area (Å²) in [5.74, 6) is 1.38. The molecule has 2 aromatic rings. The zero-order valence-corrected chi connectivity index (χ0v) is 14.1. The number of hydrogen-bond acceptors (Lipinski definition) is 4. The van der Waals surface area contributed by atoms with Crippen molar-refractivity contribution in [2.24, 2.45) is 5.92 Å². The Morgan fingerprint density at radius 1 is 1.22 bits per heavy atom. The number of aromatic nitrogens is 3. The van der Waals surface area contributed by atoms with E-state index in [-0.39, 0.29) is 0 Å². The van der Waals surface area contributed by atoms with Gasteiger partial charge in [0.15, 0.2) is 5.69 Å². The van der Waals surface area contributed by atoms with Crippen LogP contribution in [0.5, 0.6) is 5.75 Å². The fourth-order valence-electron chi connectivity index (χ4n) is 2.38. The van der Waals surface area contributed by atoms with E-state index in [4.69, 9.17) is 10.00 Å². The predicted molar refractivity (Wildman–Crippen MR) is 89.2 cm³/mol. The normalized spacial score (nSPS) is 10.7. The first-order valence-electron chi connectivity index (χ1n) is 8.12. The lowest BCUT2D eigenvalue weighted by molar-refractivity contribution is 0.301. The first kappa shape index (κ1) is 17.0. The van der Waals surface area contributed by atoms with Crippen LogP contribution in [0.3, 0.4) is 0 Å². The van der Waals surface area contributed by atoms with E-state index >= 15 is 0 Å². The van der Waals surface area contributed by atoms with Crippen LogP contribution >= 0.6 is 0 Å². The molecule has 23 heavy (non-hydrogen) atoms. The molecule has 0 bridgehead atoms. The summed E-state index contributed by atoms with van der Waals surface area (Å²) in [6, 6.07) is 10.2. The molecule has 0 unspecified atom stereocenters. The van der Waals surface area contributed by atoms with Gasteiger partial charge in [-0.05, 0) is 44.2 Å². The standard InChI is InChI=1S/C18H24N4O/c1-14(2)12-18-17(13-19)20-21-22(18)10-4-5-11-23-16-8-6-15(3)7-9-16/h6-9,14H,4-5,10-12H2,1-3H3. The van der Waals surface area contributed by atoms with Crippen LogP contribution in [-0.4, -0.2) is 21.6 Å². The maximum atomic E-state index is 9.11. The molecular weight excluding hydrogens is 288 g/mol. The van der Waals surface area contributed by atoms with Gasteiger partial charge in [0.05, 0.1) is 12.3 Å². The van der Waals surface area contributed by atoms with Gasteiger partial charge in [-0.15, -0.1) is 5.10 Å². The van der Waals surface area contributed by atoms with Crippen LogP contribution in [0.15, 0.2) is 24.3 Å². The van der Waals surface area contributed by atoms with E-state index in [2.05, 4.69) is 37.2 Å². The topological polar surface area (TPSA) is 63.7 Å². The van der Waals surface area contributed by atoms with Gasteiger partial charge in [0.2, 0.25) is 0 Å². The van der Waals surface area contributed by atoms with Crippen LogP contribution in [0.2, 0.25) is 0 Å². The summed E-state index contributed by atoms with van der Waals surface area (Å²) >= 11 is 0. The summed E-state index contributed by atoms with van der Waals surface area (Å²) < 4.78 is 7.59. The van der Waals surface area contributed by atoms with Gasteiger partial charge < -0.3 is 4.74 Å². The third kappa shape index (κ3) is 5.10. The van der Waals surface area contributed by atoms with Crippen LogP contribution < -0.4 is 4.74 Å². The lowest BCUT2D eigenvalue weighted by atomic mass is 10.1. The lowest BCUT2D eigenvalue weighted by Crippen LogP contribution is -2.10. The van der Waals surface area contributed by atoms with Crippen molar-refractivity contribution in [2.45, 2.75) is 46.6 Å². The number of unbranched alkanes of at least 4 members (excludes halogenated alkanes) is 1. The van der Waals surface area contributed by atoms with E-state index in [0.29, 0.717) is 18.2 Å². The number of hydrogen-bond donors (Lipinski definition) is 0. The second-order valence-electron chi connectivity index (χ2n) is 6.19. The number of benzene rings is 1. The molecule has 122 valence electrons. The number of rotatable bonds is 8. The highest BCUT2D eigenvalue weighted by Gasteiger charge is 2.13. The number of nitrogens with zero attached hydrogens (tertiary/aromatic N) is 4. The van der Waals surface area contributed by atoms with Crippen molar-refractivity contribution in [3.05, 3.63) is 41.2 Å². The SMILES string of the molecule is Cc1ccc(OCCCCn2nnc(C#N)c2CC(C)C)cc1. The Bertz CT molecular complexity index is 653. The molecule has 0 aliphatic heterocycles. The van der Waals surface area contributed by atoms with Crippen LogP contribution in [0.4, 0.5) is 0 Å². The van der Waals surface area contributed by atoms with Crippen molar-refractivity contribution in [3.63, 3.8) is 0 Å². The molecular formula is C18H24N4O. The average Bonchev–Trinajstić information content (AvgIpc) is 2.90. The van der Waals surface area contributed by atoms with Gasteiger partial charge in [0, 0.05) is 6.54 Å². The third-order valence-electron chi connectivity index (χ3n) is 3.60. The second-order valence-corrected chi connectivity index (χ2v) is 6.19. The minimum atomic E-state index is 0.453. The van der Waals surface area contributed by atoms with Gasteiger partial charge in [-0.3, -0.25) is 0 Å². The van der Waals surface area contributed by atoms with E-state index in [9.17, 15) is 0 Å². The molecule has 5 heteroatoms. The minimum Gasteiger partial charge on any atom is -0.494 e. The van der Waals surface area contributed by atoms with Gasteiger partial charge >= 0.3 is 0 Å². The lowest BCUT2D eigenvalue weighted by Gasteiger charge is -2.09. The summed E-state index contributed by atoms with van der Waals surface area (Å²) in [6.07, 6.45) is 2.72. The predicted octanol–water partition coefficient (Wildman–Crippen LogP) is 3.52. The highest BCUT2D eigenvalue weighted by atomic mass is 16.5. The molecule has 1 aromatic carbocycles.